The van der Waals surface area contributed by atoms with Crippen molar-refractivity contribution in [1.82, 2.24) is 4.90 Å². The minimum absolute atomic E-state index is 0.0885. The number of aliphatic hydroxyl groups is 1. The number of urea groups is 1. The average Bonchev–Trinajstić information content (AvgIpc) is 2.45. The number of anilines is 1. The molecule has 0 saturated carbocycles. The summed E-state index contributed by atoms with van der Waals surface area (Å²) < 4.78 is 0. The molecule has 0 aliphatic carbocycles. The SMILES string of the molecule is CCCN(CCO)C(=O)Nc1cccc(/C=C/C(=O)O)c1. The molecule has 0 bridgehead atoms. The molecule has 3 N–H and O–H groups in total. The van der Waals surface area contributed by atoms with Crippen LogP contribution in [0.15, 0.2) is 30.3 Å². The van der Waals surface area contributed by atoms with Crippen molar-refractivity contribution < 1.29 is 19.8 Å². The van der Waals surface area contributed by atoms with Crippen LogP contribution >= 0.6 is 0 Å². The number of nitrogens with zero attached hydrogens (tertiary/aromatic N) is 1. The summed E-state index contributed by atoms with van der Waals surface area (Å²) in [7, 11) is 0. The zero-order chi connectivity index (χ0) is 15.7. The molecule has 6 heteroatoms. The number of carbonyl (C=O) groups is 2. The molecule has 0 unspecified atom stereocenters. The second kappa shape index (κ2) is 8.76. The Morgan fingerprint density at radius 3 is 2.71 bits per heavy atom. The van der Waals surface area contributed by atoms with Crippen molar-refractivity contribution >= 4 is 23.8 Å². The Balaban J connectivity index is 2.75. The molecule has 21 heavy (non-hydrogen) atoms. The van der Waals surface area contributed by atoms with Crippen LogP contribution in [0.5, 0.6) is 0 Å². The number of aliphatic carboxylic acids is 1. The average molecular weight is 292 g/mol. The minimum atomic E-state index is -1.03. The number of carbonyl (C=O) groups excluding carboxylic acids is 1. The molecule has 0 radical (unpaired) electrons. The van der Waals surface area contributed by atoms with Gasteiger partial charge in [-0.1, -0.05) is 19.1 Å². The van der Waals surface area contributed by atoms with E-state index in [-0.39, 0.29) is 19.2 Å². The van der Waals surface area contributed by atoms with Gasteiger partial charge in [0.1, 0.15) is 0 Å². The highest BCUT2D eigenvalue weighted by atomic mass is 16.4. The summed E-state index contributed by atoms with van der Waals surface area (Å²) in [5.74, 6) is -1.03. The Bertz CT molecular complexity index is 508. The van der Waals surface area contributed by atoms with Gasteiger partial charge in [0, 0.05) is 24.9 Å². The minimum Gasteiger partial charge on any atom is -0.478 e. The van der Waals surface area contributed by atoms with Gasteiger partial charge in [0.15, 0.2) is 0 Å². The van der Waals surface area contributed by atoms with Crippen LogP contribution in [0, 0.1) is 0 Å². The Labute approximate surface area is 123 Å². The van der Waals surface area contributed by atoms with Crippen LogP contribution in [-0.2, 0) is 4.79 Å². The van der Waals surface area contributed by atoms with Crippen LogP contribution in [-0.4, -0.2) is 46.8 Å². The van der Waals surface area contributed by atoms with E-state index in [2.05, 4.69) is 5.32 Å². The van der Waals surface area contributed by atoms with Crippen molar-refractivity contribution in [1.29, 1.82) is 0 Å². The van der Waals surface area contributed by atoms with Gasteiger partial charge in [0.2, 0.25) is 0 Å². The van der Waals surface area contributed by atoms with Gasteiger partial charge in [-0.2, -0.15) is 0 Å². The summed E-state index contributed by atoms with van der Waals surface area (Å²) in [5.41, 5.74) is 1.26. The molecule has 1 aromatic carbocycles. The molecular formula is C15H20N2O4. The summed E-state index contributed by atoms with van der Waals surface area (Å²) in [6.07, 6.45) is 3.29. The normalized spacial score (nSPS) is 10.6. The van der Waals surface area contributed by atoms with Gasteiger partial charge >= 0.3 is 12.0 Å². The Hall–Kier alpha value is -2.34. The molecular weight excluding hydrogens is 272 g/mol. The molecule has 1 rings (SSSR count). The van der Waals surface area contributed by atoms with E-state index in [4.69, 9.17) is 10.2 Å². The number of aliphatic hydroxyl groups excluding tert-OH is 1. The second-order valence-electron chi connectivity index (χ2n) is 4.44. The van der Waals surface area contributed by atoms with E-state index in [9.17, 15) is 9.59 Å². The van der Waals surface area contributed by atoms with E-state index in [1.165, 1.54) is 11.0 Å². The van der Waals surface area contributed by atoms with Crippen molar-refractivity contribution in [3.05, 3.63) is 35.9 Å². The quantitative estimate of drug-likeness (QED) is 0.671. The first-order chi connectivity index (χ1) is 10.1. The van der Waals surface area contributed by atoms with Crippen LogP contribution < -0.4 is 5.32 Å². The zero-order valence-corrected chi connectivity index (χ0v) is 12.0. The van der Waals surface area contributed by atoms with Crippen molar-refractivity contribution in [2.24, 2.45) is 0 Å². The fourth-order valence-electron chi connectivity index (χ4n) is 1.80. The third-order valence-electron chi connectivity index (χ3n) is 2.71. The van der Waals surface area contributed by atoms with E-state index >= 15 is 0 Å². The summed E-state index contributed by atoms with van der Waals surface area (Å²) in [4.78, 5) is 24.1. The molecule has 0 atom stereocenters. The van der Waals surface area contributed by atoms with Gasteiger partial charge in [0.25, 0.3) is 0 Å². The third-order valence-corrected chi connectivity index (χ3v) is 2.71. The van der Waals surface area contributed by atoms with Crippen molar-refractivity contribution in [2.75, 3.05) is 25.0 Å². The molecule has 6 nitrogen and oxygen atoms in total. The number of carboxylic acids is 1. The molecule has 0 aliphatic heterocycles. The fraction of sp³-hybridized carbons (Fsp3) is 0.333. The highest BCUT2D eigenvalue weighted by molar-refractivity contribution is 5.90. The van der Waals surface area contributed by atoms with E-state index in [1.807, 2.05) is 6.92 Å². The summed E-state index contributed by atoms with van der Waals surface area (Å²) >= 11 is 0. The highest BCUT2D eigenvalue weighted by Crippen LogP contribution is 2.13. The molecule has 0 aromatic heterocycles. The maximum absolute atomic E-state index is 12.1. The van der Waals surface area contributed by atoms with Crippen LogP contribution in [0.2, 0.25) is 0 Å². The lowest BCUT2D eigenvalue weighted by atomic mass is 10.2. The Morgan fingerprint density at radius 1 is 1.33 bits per heavy atom. The molecule has 0 aliphatic rings. The molecule has 0 heterocycles. The predicted octanol–water partition coefficient (Wildman–Crippen LogP) is 2.02. The van der Waals surface area contributed by atoms with Gasteiger partial charge < -0.3 is 20.4 Å². The van der Waals surface area contributed by atoms with E-state index in [0.717, 1.165) is 12.5 Å². The Morgan fingerprint density at radius 2 is 2.10 bits per heavy atom. The molecule has 0 spiro atoms. The second-order valence-corrected chi connectivity index (χ2v) is 4.44. The van der Waals surface area contributed by atoms with Gasteiger partial charge in [0.05, 0.1) is 6.61 Å². The molecule has 2 amide bonds. The maximum Gasteiger partial charge on any atom is 0.328 e. The largest absolute Gasteiger partial charge is 0.478 e. The van der Waals surface area contributed by atoms with Crippen LogP contribution in [0.4, 0.5) is 10.5 Å². The van der Waals surface area contributed by atoms with E-state index in [1.54, 1.807) is 24.3 Å². The standard InChI is InChI=1S/C15H20N2O4/c1-2-8-17(9-10-18)15(21)16-13-5-3-4-12(11-13)6-7-14(19)20/h3-7,11,18H,2,8-10H2,1H3,(H,16,21)(H,19,20)/b7-6+. The van der Waals surface area contributed by atoms with E-state index < -0.39 is 5.97 Å². The number of amides is 2. The van der Waals surface area contributed by atoms with Crippen molar-refractivity contribution in [2.45, 2.75) is 13.3 Å². The number of carboxylic acid groups (broad SMARTS) is 1. The number of rotatable bonds is 7. The first kappa shape index (κ1) is 16.7. The monoisotopic (exact) mass is 292 g/mol. The number of hydrogen-bond acceptors (Lipinski definition) is 3. The number of nitrogens with one attached hydrogen (secondary N) is 1. The van der Waals surface area contributed by atoms with Gasteiger partial charge in [-0.3, -0.25) is 0 Å². The lowest BCUT2D eigenvalue weighted by molar-refractivity contribution is -0.131. The van der Waals surface area contributed by atoms with E-state index in [0.29, 0.717) is 17.8 Å². The third kappa shape index (κ3) is 6.09. The molecule has 0 fully saturated rings. The number of hydrogen-bond donors (Lipinski definition) is 3. The lowest BCUT2D eigenvalue weighted by Gasteiger charge is -2.21. The summed E-state index contributed by atoms with van der Waals surface area (Å²) in [6, 6.07) is 6.59. The smallest absolute Gasteiger partial charge is 0.328 e. The summed E-state index contributed by atoms with van der Waals surface area (Å²) in [6.45, 7) is 2.70. The van der Waals surface area contributed by atoms with Crippen molar-refractivity contribution in [3.63, 3.8) is 0 Å². The molecule has 1 aromatic rings. The van der Waals surface area contributed by atoms with Gasteiger partial charge in [-0.25, -0.2) is 9.59 Å². The Kier molecular flexibility index (Phi) is 6.97. The predicted molar refractivity (Wildman–Crippen MR) is 81.1 cm³/mol. The first-order valence-corrected chi connectivity index (χ1v) is 6.74. The highest BCUT2D eigenvalue weighted by Gasteiger charge is 2.11. The van der Waals surface area contributed by atoms with Crippen molar-refractivity contribution in [3.8, 4) is 0 Å². The van der Waals surface area contributed by atoms with Gasteiger partial charge in [-0.05, 0) is 30.2 Å². The van der Waals surface area contributed by atoms with Crippen LogP contribution in [0.25, 0.3) is 6.08 Å². The fourth-order valence-corrected chi connectivity index (χ4v) is 1.80. The number of benzene rings is 1. The summed E-state index contributed by atoms with van der Waals surface area (Å²) in [5, 5.41) is 20.3. The zero-order valence-electron chi connectivity index (χ0n) is 12.0. The molecule has 114 valence electrons. The van der Waals surface area contributed by atoms with Crippen LogP contribution in [0.3, 0.4) is 0 Å². The molecule has 0 saturated heterocycles. The van der Waals surface area contributed by atoms with Gasteiger partial charge in [-0.15, -0.1) is 0 Å². The topological polar surface area (TPSA) is 89.9 Å². The van der Waals surface area contributed by atoms with Crippen LogP contribution in [0.1, 0.15) is 18.9 Å². The first-order valence-electron chi connectivity index (χ1n) is 6.74. The maximum atomic E-state index is 12.1. The lowest BCUT2D eigenvalue weighted by Crippen LogP contribution is -2.37.